The molecule has 1 N–H and O–H groups in total. The van der Waals surface area contributed by atoms with E-state index in [-0.39, 0.29) is 11.9 Å². The van der Waals surface area contributed by atoms with Crippen LogP contribution in [0.25, 0.3) is 11.0 Å². The Hall–Kier alpha value is -1.50. The number of aliphatic hydroxyl groups excluding tert-OH is 1. The number of fused-ring (bicyclic) bond motifs is 1. The second kappa shape index (κ2) is 7.17. The highest BCUT2D eigenvalue weighted by atomic mass is 19.1. The molecule has 0 unspecified atom stereocenters. The number of imidazole rings is 1. The monoisotopic (exact) mass is 334 g/mol. The number of hydrogen-bond donors (Lipinski definition) is 1. The highest BCUT2D eigenvalue weighted by molar-refractivity contribution is 5.76. The summed E-state index contributed by atoms with van der Waals surface area (Å²) in [5.74, 6) is 0.754. The van der Waals surface area contributed by atoms with E-state index in [1.54, 1.807) is 0 Å². The van der Waals surface area contributed by atoms with Gasteiger partial charge in [0.25, 0.3) is 0 Å². The van der Waals surface area contributed by atoms with E-state index in [2.05, 4.69) is 33.2 Å². The van der Waals surface area contributed by atoms with Gasteiger partial charge in [-0.05, 0) is 32.9 Å². The lowest BCUT2D eigenvalue weighted by Gasteiger charge is -2.40. The predicted octanol–water partition coefficient (Wildman–Crippen LogP) is 2.08. The molecule has 0 amide bonds. The zero-order chi connectivity index (χ0) is 17.3. The van der Waals surface area contributed by atoms with E-state index in [1.807, 2.05) is 13.0 Å². The number of nitrogens with zero attached hydrogens (tertiary/aromatic N) is 4. The molecule has 1 aliphatic heterocycles. The molecule has 1 saturated heterocycles. The largest absolute Gasteiger partial charge is 0.392 e. The fourth-order valence-electron chi connectivity index (χ4n) is 3.65. The van der Waals surface area contributed by atoms with Gasteiger partial charge in [0, 0.05) is 44.8 Å². The summed E-state index contributed by atoms with van der Waals surface area (Å²) in [5.41, 5.74) is 1.72. The van der Waals surface area contributed by atoms with Crippen molar-refractivity contribution in [3.05, 3.63) is 29.8 Å². The summed E-state index contributed by atoms with van der Waals surface area (Å²) in [6.45, 7) is 11.3. The molecule has 1 aromatic heterocycles. The number of β-amino-alcohol motifs (C(OH)–C–C–N with tert-alkyl or cyclic N) is 1. The third-order valence-electron chi connectivity index (χ3n) is 4.82. The molecule has 0 saturated carbocycles. The summed E-state index contributed by atoms with van der Waals surface area (Å²) < 4.78 is 15.6. The molecule has 0 aliphatic carbocycles. The maximum atomic E-state index is 13.5. The Morgan fingerprint density at radius 3 is 2.83 bits per heavy atom. The third-order valence-corrected chi connectivity index (χ3v) is 4.82. The van der Waals surface area contributed by atoms with E-state index in [0.717, 1.165) is 56.1 Å². The number of hydrogen-bond acceptors (Lipinski definition) is 4. The van der Waals surface area contributed by atoms with Gasteiger partial charge in [0.1, 0.15) is 11.6 Å². The summed E-state index contributed by atoms with van der Waals surface area (Å²) in [6.07, 6.45) is -0.293. The van der Waals surface area contributed by atoms with Crippen molar-refractivity contribution in [2.24, 2.45) is 0 Å². The van der Waals surface area contributed by atoms with Gasteiger partial charge in [-0.15, -0.1) is 0 Å². The Bertz CT molecular complexity index is 700. The average molecular weight is 334 g/mol. The zero-order valence-electron chi connectivity index (χ0n) is 14.7. The number of aromatic nitrogens is 2. The molecule has 0 radical (unpaired) electrons. The van der Waals surface area contributed by atoms with Crippen LogP contribution in [0.2, 0.25) is 0 Å². The molecule has 0 spiro atoms. The summed E-state index contributed by atoms with van der Waals surface area (Å²) in [7, 11) is 0. The lowest BCUT2D eigenvalue weighted by Crippen LogP contribution is -2.53. The zero-order valence-corrected chi connectivity index (χ0v) is 14.7. The van der Waals surface area contributed by atoms with Crippen molar-refractivity contribution >= 4 is 11.0 Å². The predicted molar refractivity (Wildman–Crippen MR) is 93.4 cm³/mol. The van der Waals surface area contributed by atoms with Gasteiger partial charge in [-0.1, -0.05) is 0 Å². The minimum Gasteiger partial charge on any atom is -0.392 e. The number of aryl methyl sites for hydroxylation is 1. The maximum Gasteiger partial charge on any atom is 0.125 e. The van der Waals surface area contributed by atoms with E-state index >= 15 is 0 Å². The van der Waals surface area contributed by atoms with Crippen molar-refractivity contribution in [2.75, 3.05) is 26.2 Å². The van der Waals surface area contributed by atoms with Gasteiger partial charge in [0.2, 0.25) is 0 Å². The van der Waals surface area contributed by atoms with Gasteiger partial charge in [-0.25, -0.2) is 9.37 Å². The van der Waals surface area contributed by atoms with E-state index in [4.69, 9.17) is 0 Å². The first-order valence-corrected chi connectivity index (χ1v) is 8.77. The second-order valence-corrected chi connectivity index (χ2v) is 6.83. The SMILES string of the molecule is CCn1c(CN2CCN(C[C@H](C)O)[C@H](C)C2)nc2cc(F)ccc21. The molecule has 5 nitrogen and oxygen atoms in total. The van der Waals surface area contributed by atoms with E-state index < -0.39 is 0 Å². The van der Waals surface area contributed by atoms with Crippen molar-refractivity contribution in [3.8, 4) is 0 Å². The Morgan fingerprint density at radius 1 is 1.38 bits per heavy atom. The van der Waals surface area contributed by atoms with Crippen LogP contribution in [0.1, 0.15) is 26.6 Å². The minimum absolute atomic E-state index is 0.241. The first kappa shape index (κ1) is 17.3. The molecule has 6 heteroatoms. The van der Waals surface area contributed by atoms with Crippen LogP contribution in [0.3, 0.4) is 0 Å². The second-order valence-electron chi connectivity index (χ2n) is 6.83. The first-order chi connectivity index (χ1) is 11.5. The van der Waals surface area contributed by atoms with Crippen molar-refractivity contribution in [1.29, 1.82) is 0 Å². The van der Waals surface area contributed by atoms with E-state index in [9.17, 15) is 9.50 Å². The van der Waals surface area contributed by atoms with Gasteiger partial charge < -0.3 is 9.67 Å². The van der Waals surface area contributed by atoms with Gasteiger partial charge in [-0.3, -0.25) is 9.80 Å². The van der Waals surface area contributed by atoms with Crippen LogP contribution in [0.4, 0.5) is 4.39 Å². The summed E-state index contributed by atoms with van der Waals surface area (Å²) in [5, 5.41) is 9.60. The Morgan fingerprint density at radius 2 is 2.17 bits per heavy atom. The number of piperazine rings is 1. The standard InChI is InChI=1S/C18H27FN4O/c1-4-23-17-6-5-15(19)9-16(17)20-18(23)12-21-7-8-22(11-14(3)24)13(2)10-21/h5-6,9,13-14,24H,4,7-8,10-12H2,1-3H3/t13-,14+/m1/s1. The van der Waals surface area contributed by atoms with Gasteiger partial charge in [-0.2, -0.15) is 0 Å². The molecule has 132 valence electrons. The fourth-order valence-corrected chi connectivity index (χ4v) is 3.65. The topological polar surface area (TPSA) is 44.5 Å². The average Bonchev–Trinajstić information content (AvgIpc) is 2.85. The van der Waals surface area contributed by atoms with Crippen molar-refractivity contribution in [1.82, 2.24) is 19.4 Å². The number of halogens is 1. The van der Waals surface area contributed by atoms with Gasteiger partial charge >= 0.3 is 0 Å². The van der Waals surface area contributed by atoms with Crippen LogP contribution in [-0.4, -0.2) is 62.8 Å². The summed E-state index contributed by atoms with van der Waals surface area (Å²) in [4.78, 5) is 9.39. The number of benzene rings is 1. The molecule has 2 atom stereocenters. The number of aliphatic hydroxyl groups is 1. The molecule has 24 heavy (non-hydrogen) atoms. The molecule has 2 aromatic rings. The van der Waals surface area contributed by atoms with Crippen LogP contribution in [0.15, 0.2) is 18.2 Å². The smallest absolute Gasteiger partial charge is 0.125 e. The van der Waals surface area contributed by atoms with E-state index in [0.29, 0.717) is 6.04 Å². The molecule has 2 heterocycles. The van der Waals surface area contributed by atoms with Crippen molar-refractivity contribution < 1.29 is 9.50 Å². The fraction of sp³-hybridized carbons (Fsp3) is 0.611. The van der Waals surface area contributed by atoms with Gasteiger partial charge in [0.05, 0.1) is 23.7 Å². The van der Waals surface area contributed by atoms with E-state index in [1.165, 1.54) is 12.1 Å². The van der Waals surface area contributed by atoms with Crippen LogP contribution in [0.5, 0.6) is 0 Å². The van der Waals surface area contributed by atoms with Gasteiger partial charge in [0.15, 0.2) is 0 Å². The molecule has 0 bridgehead atoms. The molecular weight excluding hydrogens is 307 g/mol. The summed E-state index contributed by atoms with van der Waals surface area (Å²) in [6, 6.07) is 5.23. The summed E-state index contributed by atoms with van der Waals surface area (Å²) >= 11 is 0. The van der Waals surface area contributed by atoms with Crippen molar-refractivity contribution in [3.63, 3.8) is 0 Å². The lowest BCUT2D eigenvalue weighted by molar-refractivity contribution is 0.0410. The van der Waals surface area contributed by atoms with Crippen LogP contribution < -0.4 is 0 Å². The maximum absolute atomic E-state index is 13.5. The normalized spacial score (nSPS) is 21.5. The Balaban J connectivity index is 1.74. The van der Waals surface area contributed by atoms with Crippen molar-refractivity contribution in [2.45, 2.75) is 46.0 Å². The molecule has 1 fully saturated rings. The minimum atomic E-state index is -0.293. The molecule has 3 rings (SSSR count). The quantitative estimate of drug-likeness (QED) is 0.909. The Kier molecular flexibility index (Phi) is 5.18. The first-order valence-electron chi connectivity index (χ1n) is 8.77. The molecule has 1 aliphatic rings. The molecular formula is C18H27FN4O. The highest BCUT2D eigenvalue weighted by Gasteiger charge is 2.25. The van der Waals surface area contributed by atoms with Crippen LogP contribution in [-0.2, 0) is 13.1 Å². The third kappa shape index (κ3) is 3.61. The number of rotatable bonds is 5. The Labute approximate surface area is 142 Å². The lowest BCUT2D eigenvalue weighted by atomic mass is 10.1. The van der Waals surface area contributed by atoms with Crippen LogP contribution in [0, 0.1) is 5.82 Å². The molecule has 1 aromatic carbocycles. The highest BCUT2D eigenvalue weighted by Crippen LogP contribution is 2.20. The van der Waals surface area contributed by atoms with Crippen LogP contribution >= 0.6 is 0 Å².